The van der Waals surface area contributed by atoms with Gasteiger partial charge in [0.05, 0.1) is 11.8 Å². The Kier molecular flexibility index (Phi) is 7.36. The molecule has 0 aliphatic heterocycles. The van der Waals surface area contributed by atoms with Gasteiger partial charge in [0, 0.05) is 16.3 Å². The van der Waals surface area contributed by atoms with Crippen molar-refractivity contribution in [3.8, 4) is 5.75 Å². The van der Waals surface area contributed by atoms with Gasteiger partial charge in [-0.15, -0.1) is 0 Å². The van der Waals surface area contributed by atoms with E-state index >= 15 is 0 Å². The summed E-state index contributed by atoms with van der Waals surface area (Å²) in [6.45, 7) is 3.67. The summed E-state index contributed by atoms with van der Waals surface area (Å²) in [6.07, 6.45) is 1.29. The molecule has 7 nitrogen and oxygen atoms in total. The van der Waals surface area contributed by atoms with Crippen molar-refractivity contribution in [3.63, 3.8) is 0 Å². The molecule has 32 heavy (non-hydrogen) atoms. The van der Waals surface area contributed by atoms with Crippen molar-refractivity contribution in [2.45, 2.75) is 13.8 Å². The maximum absolute atomic E-state index is 12.3. The van der Waals surface area contributed by atoms with Crippen molar-refractivity contribution in [2.24, 2.45) is 5.10 Å². The summed E-state index contributed by atoms with van der Waals surface area (Å²) in [5.74, 6) is -2.11. The normalized spacial score (nSPS) is 10.6. The molecule has 8 heteroatoms. The Labute approximate surface area is 190 Å². The van der Waals surface area contributed by atoms with Crippen LogP contribution in [0.2, 0.25) is 5.02 Å². The maximum atomic E-state index is 12.3. The summed E-state index contributed by atoms with van der Waals surface area (Å²) in [5.41, 5.74) is 5.20. The zero-order valence-electron chi connectivity index (χ0n) is 17.4. The Morgan fingerprint density at radius 1 is 0.875 bits per heavy atom. The van der Waals surface area contributed by atoms with Gasteiger partial charge in [0.25, 0.3) is 0 Å². The summed E-state index contributed by atoms with van der Waals surface area (Å²) in [5, 5.41) is 6.90. The molecule has 0 spiro atoms. The Bertz CT molecular complexity index is 1170. The second-order valence-electron chi connectivity index (χ2n) is 6.85. The van der Waals surface area contributed by atoms with E-state index in [-0.39, 0.29) is 5.75 Å². The zero-order chi connectivity index (χ0) is 23.1. The van der Waals surface area contributed by atoms with Crippen LogP contribution in [0.15, 0.2) is 71.8 Å². The van der Waals surface area contributed by atoms with Crippen LogP contribution >= 0.6 is 11.6 Å². The number of hydrogen-bond acceptors (Lipinski definition) is 5. The number of rotatable bonds is 5. The molecule has 3 aromatic rings. The van der Waals surface area contributed by atoms with Crippen molar-refractivity contribution in [3.05, 3.63) is 94.0 Å². The van der Waals surface area contributed by atoms with E-state index in [4.69, 9.17) is 16.3 Å². The number of benzene rings is 3. The van der Waals surface area contributed by atoms with E-state index in [0.717, 1.165) is 11.1 Å². The highest BCUT2D eigenvalue weighted by atomic mass is 35.5. The van der Waals surface area contributed by atoms with Gasteiger partial charge in [-0.05, 0) is 61.4 Å². The molecule has 3 aromatic carbocycles. The van der Waals surface area contributed by atoms with Crippen molar-refractivity contribution in [1.29, 1.82) is 0 Å². The highest BCUT2D eigenvalue weighted by Crippen LogP contribution is 2.20. The number of carbonyl (C=O) groups excluding carboxylic acids is 3. The van der Waals surface area contributed by atoms with Crippen LogP contribution in [0.1, 0.15) is 27.0 Å². The second-order valence-corrected chi connectivity index (χ2v) is 7.29. The first-order valence-electron chi connectivity index (χ1n) is 9.62. The Balaban J connectivity index is 1.64. The second kappa shape index (κ2) is 10.4. The minimum absolute atomic E-state index is 0.241. The van der Waals surface area contributed by atoms with Crippen LogP contribution in [0.25, 0.3) is 0 Å². The monoisotopic (exact) mass is 449 g/mol. The lowest BCUT2D eigenvalue weighted by atomic mass is 10.1. The Hall–Kier alpha value is -3.97. The molecular formula is C24H20ClN3O4. The molecule has 3 rings (SSSR count). The number of esters is 1. The van der Waals surface area contributed by atoms with Crippen LogP contribution in [0, 0.1) is 13.8 Å². The van der Waals surface area contributed by atoms with Crippen molar-refractivity contribution in [2.75, 3.05) is 5.32 Å². The van der Waals surface area contributed by atoms with E-state index in [9.17, 15) is 14.4 Å². The van der Waals surface area contributed by atoms with Crippen LogP contribution in [-0.2, 0) is 9.59 Å². The fourth-order valence-electron chi connectivity index (χ4n) is 2.82. The highest BCUT2D eigenvalue weighted by molar-refractivity contribution is 6.39. The smallest absolute Gasteiger partial charge is 0.343 e. The third-order valence-corrected chi connectivity index (χ3v) is 4.75. The molecule has 0 saturated heterocycles. The molecule has 0 fully saturated rings. The summed E-state index contributed by atoms with van der Waals surface area (Å²) in [7, 11) is 0. The van der Waals surface area contributed by atoms with Gasteiger partial charge >= 0.3 is 17.8 Å². The van der Waals surface area contributed by atoms with E-state index in [2.05, 4.69) is 15.8 Å². The molecule has 0 atom stereocenters. The predicted octanol–water partition coefficient (Wildman–Crippen LogP) is 4.26. The minimum Gasteiger partial charge on any atom is -0.422 e. The molecule has 0 heterocycles. The number of amides is 2. The number of hydrazone groups is 1. The number of para-hydroxylation sites is 2. The van der Waals surface area contributed by atoms with Crippen molar-refractivity contribution < 1.29 is 19.1 Å². The standard InChI is InChI=1S/C24H20ClN3O4/c1-15-6-5-7-16(2)21(15)27-22(29)23(30)28-26-14-18-8-3-4-9-20(18)32-24(31)17-10-12-19(25)13-11-17/h3-14H,1-2H3,(H,27,29)(H,28,30)/b26-14+. The average molecular weight is 450 g/mol. The number of carbonyl (C=O) groups is 3. The molecule has 2 amide bonds. The number of nitrogens with zero attached hydrogens (tertiary/aromatic N) is 1. The van der Waals surface area contributed by atoms with Gasteiger partial charge in [-0.3, -0.25) is 9.59 Å². The molecule has 0 aliphatic rings. The maximum Gasteiger partial charge on any atom is 0.343 e. The largest absolute Gasteiger partial charge is 0.422 e. The lowest BCUT2D eigenvalue weighted by Gasteiger charge is -2.10. The quantitative estimate of drug-likeness (QED) is 0.200. The first-order valence-corrected chi connectivity index (χ1v) is 10.0. The number of aryl methyl sites for hydroxylation is 2. The molecule has 0 radical (unpaired) electrons. The highest BCUT2D eigenvalue weighted by Gasteiger charge is 2.15. The van der Waals surface area contributed by atoms with Crippen LogP contribution in [0.4, 0.5) is 5.69 Å². The predicted molar refractivity (Wildman–Crippen MR) is 123 cm³/mol. The number of nitrogens with one attached hydrogen (secondary N) is 2. The summed E-state index contributed by atoms with van der Waals surface area (Å²) in [6, 6.07) is 18.5. The number of hydrogen-bond donors (Lipinski definition) is 2. The fraction of sp³-hybridized carbons (Fsp3) is 0.0833. The first-order chi connectivity index (χ1) is 15.3. The van der Waals surface area contributed by atoms with Crippen molar-refractivity contribution in [1.82, 2.24) is 5.43 Å². The fourth-order valence-corrected chi connectivity index (χ4v) is 2.94. The average Bonchev–Trinajstić information content (AvgIpc) is 2.77. The van der Waals surface area contributed by atoms with Gasteiger partial charge in [0.15, 0.2) is 0 Å². The molecule has 0 saturated carbocycles. The molecule has 162 valence electrons. The van der Waals surface area contributed by atoms with Crippen molar-refractivity contribution >= 4 is 41.3 Å². The van der Waals surface area contributed by atoms with E-state index in [1.807, 2.05) is 32.0 Å². The van der Waals surface area contributed by atoms with E-state index in [1.54, 1.807) is 48.5 Å². The van der Waals surface area contributed by atoms with E-state index in [1.165, 1.54) is 6.21 Å². The molecule has 0 aliphatic carbocycles. The van der Waals surface area contributed by atoms with E-state index < -0.39 is 17.8 Å². The Morgan fingerprint density at radius 3 is 2.22 bits per heavy atom. The third-order valence-electron chi connectivity index (χ3n) is 4.50. The van der Waals surface area contributed by atoms with Crippen LogP contribution < -0.4 is 15.5 Å². The molecule has 0 unspecified atom stereocenters. The van der Waals surface area contributed by atoms with E-state index in [0.29, 0.717) is 21.8 Å². The van der Waals surface area contributed by atoms with Gasteiger partial charge in [0.1, 0.15) is 5.75 Å². The minimum atomic E-state index is -0.931. The summed E-state index contributed by atoms with van der Waals surface area (Å²) >= 11 is 5.83. The van der Waals surface area contributed by atoms with Gasteiger partial charge in [-0.1, -0.05) is 41.9 Å². The van der Waals surface area contributed by atoms with Gasteiger partial charge < -0.3 is 10.1 Å². The lowest BCUT2D eigenvalue weighted by molar-refractivity contribution is -0.136. The van der Waals surface area contributed by atoms with Gasteiger partial charge in [-0.25, -0.2) is 10.2 Å². The van der Waals surface area contributed by atoms with Crippen LogP contribution in [0.3, 0.4) is 0 Å². The van der Waals surface area contributed by atoms with Crippen LogP contribution in [-0.4, -0.2) is 24.0 Å². The molecule has 2 N–H and O–H groups in total. The van der Waals surface area contributed by atoms with Gasteiger partial charge in [0.2, 0.25) is 0 Å². The summed E-state index contributed by atoms with van der Waals surface area (Å²) < 4.78 is 5.42. The zero-order valence-corrected chi connectivity index (χ0v) is 18.1. The van der Waals surface area contributed by atoms with Gasteiger partial charge in [-0.2, -0.15) is 5.10 Å². The third kappa shape index (κ3) is 5.80. The lowest BCUT2D eigenvalue weighted by Crippen LogP contribution is -2.32. The number of anilines is 1. The molecule has 0 aromatic heterocycles. The molecular weight excluding hydrogens is 430 g/mol. The summed E-state index contributed by atoms with van der Waals surface area (Å²) in [4.78, 5) is 36.6. The van der Waals surface area contributed by atoms with Crippen LogP contribution in [0.5, 0.6) is 5.75 Å². The molecule has 0 bridgehead atoms. The number of halogens is 1. The topological polar surface area (TPSA) is 96.9 Å². The Morgan fingerprint density at radius 2 is 1.53 bits per heavy atom. The first kappa shape index (κ1) is 22.7. The SMILES string of the molecule is Cc1cccc(C)c1NC(=O)C(=O)N/N=C/c1ccccc1OC(=O)c1ccc(Cl)cc1. The number of ether oxygens (including phenoxy) is 1.